The Bertz CT molecular complexity index is 613. The van der Waals surface area contributed by atoms with Gasteiger partial charge in [0.05, 0.1) is 23.1 Å². The van der Waals surface area contributed by atoms with Crippen LogP contribution in [0.25, 0.3) is 0 Å². The molecule has 2 rings (SSSR count). The first-order valence-corrected chi connectivity index (χ1v) is 5.58. The predicted octanol–water partition coefficient (Wildman–Crippen LogP) is 2.61. The van der Waals surface area contributed by atoms with Gasteiger partial charge in [-0.25, -0.2) is 4.98 Å². The lowest BCUT2D eigenvalue weighted by Crippen LogP contribution is -2.14. The number of aromatic nitrogens is 1. The SMILES string of the molecule is Cc1cc(N)cnc1N(C)c1ccccc1C#N. The highest BCUT2D eigenvalue weighted by molar-refractivity contribution is 5.69. The van der Waals surface area contributed by atoms with Crippen molar-refractivity contribution in [2.45, 2.75) is 6.92 Å². The molecule has 0 unspecified atom stereocenters. The van der Waals surface area contributed by atoms with Gasteiger partial charge in [0, 0.05) is 7.05 Å². The third kappa shape index (κ3) is 2.11. The van der Waals surface area contributed by atoms with Crippen molar-refractivity contribution in [3.63, 3.8) is 0 Å². The summed E-state index contributed by atoms with van der Waals surface area (Å²) in [6, 6.07) is 11.5. The fourth-order valence-electron chi connectivity index (χ4n) is 1.92. The Hall–Kier alpha value is -2.54. The first-order chi connectivity index (χ1) is 8.63. The van der Waals surface area contributed by atoms with E-state index in [1.165, 1.54) is 0 Å². The zero-order chi connectivity index (χ0) is 13.1. The molecule has 0 fully saturated rings. The molecule has 0 atom stereocenters. The van der Waals surface area contributed by atoms with Gasteiger partial charge in [-0.1, -0.05) is 12.1 Å². The minimum Gasteiger partial charge on any atom is -0.397 e. The first-order valence-electron chi connectivity index (χ1n) is 5.58. The van der Waals surface area contributed by atoms with Crippen molar-refractivity contribution >= 4 is 17.2 Å². The zero-order valence-electron chi connectivity index (χ0n) is 10.4. The van der Waals surface area contributed by atoms with Gasteiger partial charge in [-0.2, -0.15) is 5.26 Å². The molecule has 90 valence electrons. The van der Waals surface area contributed by atoms with E-state index in [1.54, 1.807) is 12.3 Å². The van der Waals surface area contributed by atoms with Crippen LogP contribution in [0, 0.1) is 18.3 Å². The number of anilines is 3. The predicted molar refractivity (Wildman–Crippen MR) is 72.6 cm³/mol. The summed E-state index contributed by atoms with van der Waals surface area (Å²) < 4.78 is 0. The van der Waals surface area contributed by atoms with E-state index in [4.69, 9.17) is 11.0 Å². The number of nitriles is 1. The van der Waals surface area contributed by atoms with Crippen molar-refractivity contribution < 1.29 is 0 Å². The number of pyridine rings is 1. The monoisotopic (exact) mass is 238 g/mol. The molecule has 18 heavy (non-hydrogen) atoms. The van der Waals surface area contributed by atoms with Gasteiger partial charge < -0.3 is 10.6 Å². The van der Waals surface area contributed by atoms with Crippen LogP contribution in [0.5, 0.6) is 0 Å². The molecule has 0 aliphatic carbocycles. The van der Waals surface area contributed by atoms with Gasteiger partial charge in [-0.3, -0.25) is 0 Å². The molecular weight excluding hydrogens is 224 g/mol. The second kappa shape index (κ2) is 4.76. The number of aryl methyl sites for hydroxylation is 1. The van der Waals surface area contributed by atoms with Gasteiger partial charge in [0.1, 0.15) is 11.9 Å². The quantitative estimate of drug-likeness (QED) is 0.873. The van der Waals surface area contributed by atoms with E-state index in [9.17, 15) is 0 Å². The minimum atomic E-state index is 0.623. The summed E-state index contributed by atoms with van der Waals surface area (Å²) >= 11 is 0. The number of nitrogens with two attached hydrogens (primary N) is 1. The van der Waals surface area contributed by atoms with E-state index in [2.05, 4.69) is 11.1 Å². The van der Waals surface area contributed by atoms with E-state index in [1.807, 2.05) is 43.1 Å². The van der Waals surface area contributed by atoms with E-state index in [-0.39, 0.29) is 0 Å². The Morgan fingerprint density at radius 3 is 2.72 bits per heavy atom. The standard InChI is InChI=1S/C14H14N4/c1-10-7-12(16)9-17-14(10)18(2)13-6-4-3-5-11(13)8-15/h3-7,9H,16H2,1-2H3. The molecule has 2 aromatic rings. The smallest absolute Gasteiger partial charge is 0.135 e. The van der Waals surface area contributed by atoms with Crippen LogP contribution in [0.1, 0.15) is 11.1 Å². The van der Waals surface area contributed by atoms with Crippen LogP contribution in [0.3, 0.4) is 0 Å². The van der Waals surface area contributed by atoms with Crippen molar-refractivity contribution in [2.75, 3.05) is 17.7 Å². The van der Waals surface area contributed by atoms with Crippen LogP contribution in [-0.2, 0) is 0 Å². The number of hydrogen-bond acceptors (Lipinski definition) is 4. The Morgan fingerprint density at radius 2 is 2.06 bits per heavy atom. The number of rotatable bonds is 2. The lowest BCUT2D eigenvalue weighted by molar-refractivity contribution is 1.10. The molecule has 0 spiro atoms. The summed E-state index contributed by atoms with van der Waals surface area (Å²) in [5.74, 6) is 0.798. The average Bonchev–Trinajstić information content (AvgIpc) is 2.38. The van der Waals surface area contributed by atoms with Crippen molar-refractivity contribution in [3.05, 3.63) is 47.7 Å². The number of benzene rings is 1. The van der Waals surface area contributed by atoms with Crippen LogP contribution < -0.4 is 10.6 Å². The van der Waals surface area contributed by atoms with E-state index in [0.717, 1.165) is 17.1 Å². The van der Waals surface area contributed by atoms with Gasteiger partial charge in [-0.05, 0) is 30.7 Å². The second-order valence-corrected chi connectivity index (χ2v) is 4.10. The second-order valence-electron chi connectivity index (χ2n) is 4.10. The van der Waals surface area contributed by atoms with Gasteiger partial charge in [0.2, 0.25) is 0 Å². The molecule has 4 nitrogen and oxygen atoms in total. The van der Waals surface area contributed by atoms with Gasteiger partial charge in [0.15, 0.2) is 0 Å². The molecule has 1 aromatic carbocycles. The molecule has 0 saturated heterocycles. The molecule has 2 N–H and O–H groups in total. The Kier molecular flexibility index (Phi) is 3.16. The fraction of sp³-hybridized carbons (Fsp3) is 0.143. The Balaban J connectivity index is 2.48. The minimum absolute atomic E-state index is 0.623. The van der Waals surface area contributed by atoms with Crippen LogP contribution in [0.4, 0.5) is 17.2 Å². The molecule has 0 radical (unpaired) electrons. The molecule has 1 heterocycles. The van der Waals surface area contributed by atoms with Gasteiger partial charge in [-0.15, -0.1) is 0 Å². The summed E-state index contributed by atoms with van der Waals surface area (Å²) in [7, 11) is 1.89. The zero-order valence-corrected chi connectivity index (χ0v) is 10.4. The largest absolute Gasteiger partial charge is 0.397 e. The van der Waals surface area contributed by atoms with E-state index >= 15 is 0 Å². The van der Waals surface area contributed by atoms with Crippen LogP contribution in [-0.4, -0.2) is 12.0 Å². The fourth-order valence-corrected chi connectivity index (χ4v) is 1.92. The highest BCUT2D eigenvalue weighted by Crippen LogP contribution is 2.27. The highest BCUT2D eigenvalue weighted by Gasteiger charge is 2.11. The number of nitrogens with zero attached hydrogens (tertiary/aromatic N) is 3. The van der Waals surface area contributed by atoms with Crippen molar-refractivity contribution in [1.29, 1.82) is 5.26 Å². The Morgan fingerprint density at radius 1 is 1.33 bits per heavy atom. The average molecular weight is 238 g/mol. The van der Waals surface area contributed by atoms with Crippen molar-refractivity contribution in [3.8, 4) is 6.07 Å². The first kappa shape index (κ1) is 11.9. The summed E-state index contributed by atoms with van der Waals surface area (Å²) in [4.78, 5) is 6.22. The van der Waals surface area contributed by atoms with E-state index in [0.29, 0.717) is 11.3 Å². The molecule has 0 aliphatic rings. The van der Waals surface area contributed by atoms with Crippen molar-refractivity contribution in [1.82, 2.24) is 4.98 Å². The van der Waals surface area contributed by atoms with Crippen molar-refractivity contribution in [2.24, 2.45) is 0 Å². The van der Waals surface area contributed by atoms with Gasteiger partial charge >= 0.3 is 0 Å². The third-order valence-corrected chi connectivity index (χ3v) is 2.78. The molecule has 1 aromatic heterocycles. The lowest BCUT2D eigenvalue weighted by atomic mass is 10.1. The summed E-state index contributed by atoms with van der Waals surface area (Å²) in [5, 5.41) is 9.11. The molecule has 0 bridgehead atoms. The molecule has 0 saturated carbocycles. The molecule has 0 amide bonds. The van der Waals surface area contributed by atoms with Crippen LogP contribution >= 0.6 is 0 Å². The molecular formula is C14H14N4. The third-order valence-electron chi connectivity index (χ3n) is 2.78. The summed E-state index contributed by atoms with van der Waals surface area (Å²) in [6.45, 7) is 1.95. The molecule has 0 aliphatic heterocycles. The number of para-hydroxylation sites is 1. The molecule has 4 heteroatoms. The van der Waals surface area contributed by atoms with Gasteiger partial charge in [0.25, 0.3) is 0 Å². The van der Waals surface area contributed by atoms with E-state index < -0.39 is 0 Å². The number of nitrogen functional groups attached to an aromatic ring is 1. The van der Waals surface area contributed by atoms with Crippen LogP contribution in [0.15, 0.2) is 36.5 Å². The summed E-state index contributed by atoms with van der Waals surface area (Å²) in [6.07, 6.45) is 1.62. The maximum absolute atomic E-state index is 9.11. The maximum Gasteiger partial charge on any atom is 0.135 e. The lowest BCUT2D eigenvalue weighted by Gasteiger charge is -2.21. The summed E-state index contributed by atoms with van der Waals surface area (Å²) in [5.41, 5.74) is 8.76. The van der Waals surface area contributed by atoms with Crippen LogP contribution in [0.2, 0.25) is 0 Å². The number of hydrogen-bond donors (Lipinski definition) is 1. The maximum atomic E-state index is 9.11. The normalized spacial score (nSPS) is 9.83. The highest BCUT2D eigenvalue weighted by atomic mass is 15.2. The topological polar surface area (TPSA) is 65.9 Å². The Labute approximate surface area is 106 Å².